The summed E-state index contributed by atoms with van der Waals surface area (Å²) < 4.78 is 5.19. The smallest absolute Gasteiger partial charge is 0.348 e. The Balaban J connectivity index is 1.88. The van der Waals surface area contributed by atoms with Gasteiger partial charge < -0.3 is 15.0 Å². The Labute approximate surface area is 170 Å². The van der Waals surface area contributed by atoms with Crippen LogP contribution in [0.1, 0.15) is 32.5 Å². The molecule has 0 amide bonds. The number of Topliss-reactive ketones (excluding diaryl/α,β-unsaturated/α-hetero) is 1. The van der Waals surface area contributed by atoms with Gasteiger partial charge in [-0.15, -0.1) is 11.3 Å². The molecular formula is C21H27N3O3S. The predicted molar refractivity (Wildman–Crippen MR) is 113 cm³/mol. The number of esters is 1. The second-order valence-corrected chi connectivity index (χ2v) is 8.00. The third-order valence-electron chi connectivity index (χ3n) is 4.88. The topological polar surface area (TPSA) is 61.9 Å². The number of ether oxygens (including phenoxy) is 1. The molecule has 0 spiro atoms. The minimum Gasteiger partial charge on any atom is -0.462 e. The number of piperazine rings is 1. The lowest BCUT2D eigenvalue weighted by molar-refractivity contribution is 0.0531. The summed E-state index contributed by atoms with van der Waals surface area (Å²) in [5, 5.41) is 4.02. The molecule has 1 aliphatic rings. The molecule has 0 radical (unpaired) electrons. The zero-order valence-corrected chi connectivity index (χ0v) is 17.5. The number of nitrogens with zero attached hydrogens (tertiary/aromatic N) is 2. The number of para-hydroxylation sites is 1. The van der Waals surface area contributed by atoms with Crippen molar-refractivity contribution in [1.82, 2.24) is 9.80 Å². The van der Waals surface area contributed by atoms with Crippen molar-refractivity contribution < 1.29 is 14.3 Å². The lowest BCUT2D eigenvalue weighted by Gasteiger charge is -2.31. The van der Waals surface area contributed by atoms with Gasteiger partial charge in [0.1, 0.15) is 9.88 Å². The van der Waals surface area contributed by atoms with Crippen molar-refractivity contribution in [1.29, 1.82) is 0 Å². The van der Waals surface area contributed by atoms with Gasteiger partial charge in [0.2, 0.25) is 0 Å². The van der Waals surface area contributed by atoms with Crippen LogP contribution < -0.4 is 5.32 Å². The van der Waals surface area contributed by atoms with Gasteiger partial charge in [-0.2, -0.15) is 0 Å². The summed E-state index contributed by atoms with van der Waals surface area (Å²) >= 11 is 1.29. The van der Waals surface area contributed by atoms with Crippen LogP contribution in [0.3, 0.4) is 0 Å². The second-order valence-electron chi connectivity index (χ2n) is 6.97. The molecular weight excluding hydrogens is 374 g/mol. The van der Waals surface area contributed by atoms with Crippen molar-refractivity contribution in [2.45, 2.75) is 13.8 Å². The Morgan fingerprint density at radius 3 is 2.46 bits per heavy atom. The van der Waals surface area contributed by atoms with Crippen molar-refractivity contribution in [2.75, 3.05) is 51.7 Å². The number of likely N-dealkylation sites (N-methyl/N-ethyl adjacent to an activating group) is 1. The van der Waals surface area contributed by atoms with Crippen molar-refractivity contribution in [2.24, 2.45) is 0 Å². The van der Waals surface area contributed by atoms with Crippen LogP contribution in [0.25, 0.3) is 0 Å². The highest BCUT2D eigenvalue weighted by Gasteiger charge is 2.27. The van der Waals surface area contributed by atoms with Gasteiger partial charge in [0, 0.05) is 31.9 Å². The van der Waals surface area contributed by atoms with Gasteiger partial charge >= 0.3 is 5.97 Å². The van der Waals surface area contributed by atoms with Crippen molar-refractivity contribution in [3.63, 3.8) is 0 Å². The van der Waals surface area contributed by atoms with Crippen LogP contribution in [-0.2, 0) is 4.74 Å². The maximum atomic E-state index is 13.2. The average molecular weight is 402 g/mol. The number of benzene rings is 1. The quantitative estimate of drug-likeness (QED) is 0.567. The number of carbonyl (C=O) groups is 2. The standard InChI is InChI=1S/C21H27N3O3S/c1-4-27-21(26)19-15(2)18(17(25)14-24-12-10-23(3)11-13-24)20(28-19)22-16-8-6-5-7-9-16/h5-9,22H,4,10-14H2,1-3H3. The fourth-order valence-electron chi connectivity index (χ4n) is 3.27. The molecule has 28 heavy (non-hydrogen) atoms. The third-order valence-corrected chi connectivity index (χ3v) is 6.07. The first-order chi connectivity index (χ1) is 13.5. The summed E-state index contributed by atoms with van der Waals surface area (Å²) in [6.07, 6.45) is 0. The molecule has 0 saturated carbocycles. The number of rotatable bonds is 7. The minimum absolute atomic E-state index is 0.0345. The first-order valence-electron chi connectivity index (χ1n) is 9.56. The van der Waals surface area contributed by atoms with E-state index in [1.54, 1.807) is 6.92 Å². The Morgan fingerprint density at radius 1 is 1.14 bits per heavy atom. The highest BCUT2D eigenvalue weighted by molar-refractivity contribution is 7.18. The predicted octanol–water partition coefficient (Wildman–Crippen LogP) is 3.41. The van der Waals surface area contributed by atoms with E-state index >= 15 is 0 Å². The van der Waals surface area contributed by atoms with E-state index in [9.17, 15) is 9.59 Å². The van der Waals surface area contributed by atoms with Crippen LogP contribution in [0.4, 0.5) is 10.7 Å². The molecule has 0 bridgehead atoms. The maximum Gasteiger partial charge on any atom is 0.348 e. The van der Waals surface area contributed by atoms with Crippen molar-refractivity contribution in [3.05, 3.63) is 46.3 Å². The van der Waals surface area contributed by atoms with E-state index < -0.39 is 0 Å². The maximum absolute atomic E-state index is 13.2. The first kappa shape index (κ1) is 20.5. The molecule has 0 unspecified atom stereocenters. The van der Waals surface area contributed by atoms with Crippen LogP contribution in [0, 0.1) is 6.92 Å². The molecule has 0 atom stereocenters. The molecule has 1 saturated heterocycles. The highest BCUT2D eigenvalue weighted by atomic mass is 32.1. The lowest BCUT2D eigenvalue weighted by Crippen LogP contribution is -2.46. The van der Waals surface area contributed by atoms with Crippen LogP contribution in [0.2, 0.25) is 0 Å². The summed E-state index contributed by atoms with van der Waals surface area (Å²) in [6.45, 7) is 7.94. The molecule has 0 aliphatic carbocycles. The van der Waals surface area contributed by atoms with Gasteiger partial charge in [-0.1, -0.05) is 18.2 Å². The zero-order valence-electron chi connectivity index (χ0n) is 16.7. The SMILES string of the molecule is CCOC(=O)c1sc(Nc2ccccc2)c(C(=O)CN2CCN(C)CC2)c1C. The van der Waals surface area contributed by atoms with E-state index in [4.69, 9.17) is 4.74 Å². The second kappa shape index (κ2) is 9.32. The Kier molecular flexibility index (Phi) is 6.83. The molecule has 3 rings (SSSR count). The molecule has 150 valence electrons. The van der Waals surface area contributed by atoms with E-state index in [0.717, 1.165) is 31.9 Å². The van der Waals surface area contributed by atoms with Gasteiger partial charge in [-0.25, -0.2) is 4.79 Å². The monoisotopic (exact) mass is 401 g/mol. The summed E-state index contributed by atoms with van der Waals surface area (Å²) in [7, 11) is 2.09. The van der Waals surface area contributed by atoms with E-state index in [-0.39, 0.29) is 11.8 Å². The minimum atomic E-state index is -0.375. The number of anilines is 2. The number of thiophene rings is 1. The van der Waals surface area contributed by atoms with Crippen LogP contribution in [0.5, 0.6) is 0 Å². The number of hydrogen-bond acceptors (Lipinski definition) is 7. The highest BCUT2D eigenvalue weighted by Crippen LogP contribution is 2.36. The van der Waals surface area contributed by atoms with Gasteiger partial charge in [-0.3, -0.25) is 9.69 Å². The van der Waals surface area contributed by atoms with Crippen LogP contribution in [0.15, 0.2) is 30.3 Å². The van der Waals surface area contributed by atoms with E-state index in [1.165, 1.54) is 11.3 Å². The summed E-state index contributed by atoms with van der Waals surface area (Å²) in [6, 6.07) is 9.68. The molecule has 1 N–H and O–H groups in total. The van der Waals surface area contributed by atoms with Gasteiger partial charge in [0.15, 0.2) is 5.78 Å². The Morgan fingerprint density at radius 2 is 1.82 bits per heavy atom. The molecule has 1 aliphatic heterocycles. The van der Waals surface area contributed by atoms with Gasteiger partial charge in [0.05, 0.1) is 18.7 Å². The number of nitrogens with one attached hydrogen (secondary N) is 1. The normalized spacial score (nSPS) is 15.4. The first-order valence-corrected chi connectivity index (χ1v) is 10.4. The molecule has 1 aromatic carbocycles. The molecule has 1 aromatic heterocycles. The van der Waals surface area contributed by atoms with E-state index in [2.05, 4.69) is 22.2 Å². The summed E-state index contributed by atoms with van der Waals surface area (Å²) in [5.74, 6) is -0.341. The van der Waals surface area contributed by atoms with E-state index in [0.29, 0.717) is 34.2 Å². The van der Waals surface area contributed by atoms with E-state index in [1.807, 2.05) is 37.3 Å². The molecule has 6 nitrogen and oxygen atoms in total. The Hall–Kier alpha value is -2.22. The summed E-state index contributed by atoms with van der Waals surface area (Å²) in [4.78, 5) is 30.5. The number of hydrogen-bond donors (Lipinski definition) is 1. The van der Waals surface area contributed by atoms with Crippen molar-refractivity contribution in [3.8, 4) is 0 Å². The lowest BCUT2D eigenvalue weighted by atomic mass is 10.1. The van der Waals surface area contributed by atoms with Crippen LogP contribution in [-0.4, -0.2) is 67.9 Å². The van der Waals surface area contributed by atoms with Crippen LogP contribution >= 0.6 is 11.3 Å². The molecule has 2 heterocycles. The third kappa shape index (κ3) is 4.79. The molecule has 7 heteroatoms. The summed E-state index contributed by atoms with van der Waals surface area (Å²) in [5.41, 5.74) is 2.17. The largest absolute Gasteiger partial charge is 0.462 e. The average Bonchev–Trinajstić information content (AvgIpc) is 3.00. The molecule has 2 aromatic rings. The molecule has 1 fully saturated rings. The van der Waals surface area contributed by atoms with Gasteiger partial charge in [-0.05, 0) is 38.6 Å². The fourth-order valence-corrected chi connectivity index (χ4v) is 4.41. The fraction of sp³-hybridized carbons (Fsp3) is 0.429. The van der Waals surface area contributed by atoms with Gasteiger partial charge in [0.25, 0.3) is 0 Å². The number of ketones is 1. The number of carbonyl (C=O) groups excluding carboxylic acids is 2. The van der Waals surface area contributed by atoms with Crippen molar-refractivity contribution >= 4 is 33.8 Å². The Bertz CT molecular complexity index is 827. The zero-order chi connectivity index (χ0) is 20.1.